The SMILES string of the molecule is CCCCCc1cc(C)c(CC)c(O)c1O. The van der Waals surface area contributed by atoms with Crippen LogP contribution in [-0.2, 0) is 12.8 Å². The molecule has 0 unspecified atom stereocenters. The van der Waals surface area contributed by atoms with Gasteiger partial charge in [0.15, 0.2) is 11.5 Å². The predicted octanol–water partition coefficient (Wildman–Crippen LogP) is 3.70. The maximum absolute atomic E-state index is 9.88. The number of rotatable bonds is 5. The van der Waals surface area contributed by atoms with E-state index in [1.54, 1.807) is 0 Å². The van der Waals surface area contributed by atoms with Gasteiger partial charge >= 0.3 is 0 Å². The van der Waals surface area contributed by atoms with Crippen LogP contribution in [0.5, 0.6) is 11.5 Å². The molecule has 0 aliphatic rings. The van der Waals surface area contributed by atoms with Gasteiger partial charge in [-0.25, -0.2) is 0 Å². The van der Waals surface area contributed by atoms with E-state index in [4.69, 9.17) is 0 Å². The summed E-state index contributed by atoms with van der Waals surface area (Å²) in [6.45, 7) is 6.13. The van der Waals surface area contributed by atoms with E-state index in [2.05, 4.69) is 6.92 Å². The van der Waals surface area contributed by atoms with Crippen molar-refractivity contribution in [3.63, 3.8) is 0 Å². The second-order valence-corrected chi connectivity index (χ2v) is 4.34. The molecule has 0 saturated carbocycles. The van der Waals surface area contributed by atoms with Crippen LogP contribution in [0.2, 0.25) is 0 Å². The lowest BCUT2D eigenvalue weighted by Gasteiger charge is -2.12. The van der Waals surface area contributed by atoms with Crippen molar-refractivity contribution in [3.8, 4) is 11.5 Å². The Labute approximate surface area is 97.9 Å². The Morgan fingerprint density at radius 2 is 1.75 bits per heavy atom. The van der Waals surface area contributed by atoms with Gasteiger partial charge < -0.3 is 10.2 Å². The molecular formula is C14H22O2. The Balaban J connectivity index is 2.94. The lowest BCUT2D eigenvalue weighted by atomic mass is 9.97. The molecule has 0 radical (unpaired) electrons. The summed E-state index contributed by atoms with van der Waals surface area (Å²) in [4.78, 5) is 0. The summed E-state index contributed by atoms with van der Waals surface area (Å²) in [5.74, 6) is 0.160. The van der Waals surface area contributed by atoms with Crippen molar-refractivity contribution in [2.45, 2.75) is 52.9 Å². The molecule has 0 heterocycles. The average molecular weight is 222 g/mol. The molecule has 1 aromatic carbocycles. The van der Waals surface area contributed by atoms with Gasteiger partial charge in [0.25, 0.3) is 0 Å². The molecule has 0 spiro atoms. The van der Waals surface area contributed by atoms with Crippen LogP contribution < -0.4 is 0 Å². The van der Waals surface area contributed by atoms with Crippen molar-refractivity contribution in [3.05, 3.63) is 22.8 Å². The number of hydrogen-bond acceptors (Lipinski definition) is 2. The molecule has 1 aromatic rings. The van der Waals surface area contributed by atoms with Crippen LogP contribution in [0.25, 0.3) is 0 Å². The molecule has 2 heteroatoms. The first-order chi connectivity index (χ1) is 7.61. The topological polar surface area (TPSA) is 40.5 Å². The highest BCUT2D eigenvalue weighted by atomic mass is 16.3. The lowest BCUT2D eigenvalue weighted by molar-refractivity contribution is 0.394. The highest BCUT2D eigenvalue weighted by molar-refractivity contribution is 5.53. The molecule has 0 atom stereocenters. The van der Waals surface area contributed by atoms with Crippen molar-refractivity contribution in [2.24, 2.45) is 0 Å². The fourth-order valence-electron chi connectivity index (χ4n) is 2.10. The largest absolute Gasteiger partial charge is 0.504 e. The van der Waals surface area contributed by atoms with Crippen LogP contribution >= 0.6 is 0 Å². The van der Waals surface area contributed by atoms with Crippen LogP contribution in [0, 0.1) is 6.92 Å². The maximum atomic E-state index is 9.88. The molecule has 0 aromatic heterocycles. The first kappa shape index (κ1) is 12.9. The number of unbranched alkanes of at least 4 members (excludes halogenated alkanes) is 2. The van der Waals surface area contributed by atoms with Crippen molar-refractivity contribution in [1.82, 2.24) is 0 Å². The number of phenols is 2. The van der Waals surface area contributed by atoms with Crippen LogP contribution in [0.15, 0.2) is 6.07 Å². The maximum Gasteiger partial charge on any atom is 0.161 e. The number of hydrogen-bond donors (Lipinski definition) is 2. The predicted molar refractivity (Wildman–Crippen MR) is 67.1 cm³/mol. The Morgan fingerprint density at radius 1 is 1.06 bits per heavy atom. The summed E-state index contributed by atoms with van der Waals surface area (Å²) >= 11 is 0. The highest BCUT2D eigenvalue weighted by Crippen LogP contribution is 2.36. The molecule has 2 nitrogen and oxygen atoms in total. The molecule has 0 aliphatic heterocycles. The van der Waals surface area contributed by atoms with E-state index in [1.165, 1.54) is 6.42 Å². The molecule has 0 amide bonds. The summed E-state index contributed by atoms with van der Waals surface area (Å²) < 4.78 is 0. The minimum Gasteiger partial charge on any atom is -0.504 e. The Kier molecular flexibility index (Phi) is 4.66. The average Bonchev–Trinajstić information content (AvgIpc) is 2.26. The summed E-state index contributed by atoms with van der Waals surface area (Å²) in [6, 6.07) is 2.00. The number of phenolic OH excluding ortho intramolecular Hbond substituents is 2. The van der Waals surface area contributed by atoms with Gasteiger partial charge in [-0.2, -0.15) is 0 Å². The zero-order chi connectivity index (χ0) is 12.1. The summed E-state index contributed by atoms with van der Waals surface area (Å²) in [5, 5.41) is 19.7. The van der Waals surface area contributed by atoms with E-state index in [0.29, 0.717) is 0 Å². The van der Waals surface area contributed by atoms with Gasteiger partial charge in [0.1, 0.15) is 0 Å². The molecule has 16 heavy (non-hydrogen) atoms. The van der Waals surface area contributed by atoms with Crippen molar-refractivity contribution >= 4 is 0 Å². The fourth-order valence-corrected chi connectivity index (χ4v) is 2.10. The minimum absolute atomic E-state index is 0.0778. The third-order valence-electron chi connectivity index (χ3n) is 3.08. The highest BCUT2D eigenvalue weighted by Gasteiger charge is 2.13. The second kappa shape index (κ2) is 5.78. The number of aryl methyl sites for hydroxylation is 2. The Morgan fingerprint density at radius 3 is 2.31 bits per heavy atom. The summed E-state index contributed by atoms with van der Waals surface area (Å²) in [7, 11) is 0. The second-order valence-electron chi connectivity index (χ2n) is 4.34. The van der Waals surface area contributed by atoms with Crippen molar-refractivity contribution < 1.29 is 10.2 Å². The monoisotopic (exact) mass is 222 g/mol. The van der Waals surface area contributed by atoms with Crippen LogP contribution in [0.3, 0.4) is 0 Å². The van der Waals surface area contributed by atoms with Crippen molar-refractivity contribution in [2.75, 3.05) is 0 Å². The molecule has 0 aliphatic carbocycles. The molecule has 2 N–H and O–H groups in total. The van der Waals surface area contributed by atoms with Gasteiger partial charge in [-0.05, 0) is 37.3 Å². The van der Waals surface area contributed by atoms with Gasteiger partial charge in [0.05, 0.1) is 0 Å². The smallest absolute Gasteiger partial charge is 0.161 e. The standard InChI is InChI=1S/C14H22O2/c1-4-6-7-8-11-9-10(3)12(5-2)14(16)13(11)15/h9,15-16H,4-8H2,1-3H3. The van der Waals surface area contributed by atoms with Crippen LogP contribution in [-0.4, -0.2) is 10.2 Å². The summed E-state index contributed by atoms with van der Waals surface area (Å²) in [5.41, 5.74) is 2.81. The van der Waals surface area contributed by atoms with Crippen molar-refractivity contribution in [1.29, 1.82) is 0 Å². The van der Waals surface area contributed by atoms with E-state index >= 15 is 0 Å². The normalized spacial score (nSPS) is 10.7. The van der Waals surface area contributed by atoms with E-state index in [-0.39, 0.29) is 11.5 Å². The lowest BCUT2D eigenvalue weighted by Crippen LogP contribution is -1.94. The Hall–Kier alpha value is -1.18. The third kappa shape index (κ3) is 2.69. The molecular weight excluding hydrogens is 200 g/mol. The van der Waals surface area contributed by atoms with Gasteiger partial charge in [0.2, 0.25) is 0 Å². The fraction of sp³-hybridized carbons (Fsp3) is 0.571. The zero-order valence-electron chi connectivity index (χ0n) is 10.5. The van der Waals surface area contributed by atoms with Gasteiger partial charge in [-0.1, -0.05) is 32.8 Å². The Bertz CT molecular complexity index is 356. The minimum atomic E-state index is 0.0778. The van der Waals surface area contributed by atoms with E-state index in [0.717, 1.165) is 42.4 Å². The molecule has 1 rings (SSSR count). The molecule has 90 valence electrons. The first-order valence-electron chi connectivity index (χ1n) is 6.15. The van der Waals surface area contributed by atoms with E-state index in [1.807, 2.05) is 19.9 Å². The number of benzene rings is 1. The molecule has 0 saturated heterocycles. The summed E-state index contributed by atoms with van der Waals surface area (Å²) in [6.07, 6.45) is 4.99. The zero-order valence-corrected chi connectivity index (χ0v) is 10.5. The number of aromatic hydroxyl groups is 2. The van der Waals surface area contributed by atoms with E-state index < -0.39 is 0 Å². The van der Waals surface area contributed by atoms with Gasteiger partial charge in [0, 0.05) is 5.56 Å². The van der Waals surface area contributed by atoms with Gasteiger partial charge in [-0.15, -0.1) is 0 Å². The van der Waals surface area contributed by atoms with Crippen LogP contribution in [0.4, 0.5) is 0 Å². The quantitative estimate of drug-likeness (QED) is 0.589. The molecule has 0 bridgehead atoms. The third-order valence-corrected chi connectivity index (χ3v) is 3.08. The first-order valence-corrected chi connectivity index (χ1v) is 6.15. The van der Waals surface area contributed by atoms with E-state index in [9.17, 15) is 10.2 Å². The van der Waals surface area contributed by atoms with Crippen LogP contribution in [0.1, 0.15) is 49.8 Å². The molecule has 0 fully saturated rings. The van der Waals surface area contributed by atoms with Gasteiger partial charge in [-0.3, -0.25) is 0 Å².